The van der Waals surface area contributed by atoms with E-state index in [0.29, 0.717) is 11.7 Å². The SMILES string of the molecule is O=C(O)N[C@@H]1CCN(c2nn(C3CCCCO3)c3cc(Cl)ncc23)C1. The lowest BCUT2D eigenvalue weighted by Crippen LogP contribution is -2.36. The van der Waals surface area contributed by atoms with Crippen LogP contribution in [0.15, 0.2) is 12.3 Å². The molecular formula is C16H20ClN5O3. The molecule has 2 aromatic rings. The van der Waals surface area contributed by atoms with E-state index in [9.17, 15) is 4.79 Å². The zero-order valence-corrected chi connectivity index (χ0v) is 14.4. The second-order valence-corrected chi connectivity index (χ2v) is 6.88. The Morgan fingerprint density at radius 2 is 2.28 bits per heavy atom. The maximum absolute atomic E-state index is 10.9. The summed E-state index contributed by atoms with van der Waals surface area (Å²) in [6.07, 6.45) is 4.48. The van der Waals surface area contributed by atoms with Crippen molar-refractivity contribution in [3.05, 3.63) is 17.4 Å². The molecule has 0 aliphatic carbocycles. The minimum Gasteiger partial charge on any atom is -0.465 e. The minimum atomic E-state index is -0.994. The summed E-state index contributed by atoms with van der Waals surface area (Å²) in [5, 5.41) is 17.6. The van der Waals surface area contributed by atoms with Gasteiger partial charge in [-0.25, -0.2) is 14.5 Å². The van der Waals surface area contributed by atoms with Gasteiger partial charge in [-0.1, -0.05) is 11.6 Å². The highest BCUT2D eigenvalue weighted by molar-refractivity contribution is 6.30. The van der Waals surface area contributed by atoms with Crippen LogP contribution < -0.4 is 10.2 Å². The Labute approximate surface area is 149 Å². The molecule has 2 N–H and O–H groups in total. The van der Waals surface area contributed by atoms with Crippen LogP contribution in [0.25, 0.3) is 10.9 Å². The number of amides is 1. The Kier molecular flexibility index (Phi) is 4.39. The molecule has 0 bridgehead atoms. The quantitative estimate of drug-likeness (QED) is 0.812. The van der Waals surface area contributed by atoms with Gasteiger partial charge < -0.3 is 20.1 Å². The van der Waals surface area contributed by atoms with Gasteiger partial charge in [-0.05, 0) is 25.7 Å². The molecule has 134 valence electrons. The van der Waals surface area contributed by atoms with E-state index in [1.807, 2.05) is 10.7 Å². The second kappa shape index (κ2) is 6.68. The predicted molar refractivity (Wildman–Crippen MR) is 93.2 cm³/mol. The molecule has 0 radical (unpaired) electrons. The second-order valence-electron chi connectivity index (χ2n) is 6.49. The summed E-state index contributed by atoms with van der Waals surface area (Å²) in [5.74, 6) is 0.808. The van der Waals surface area contributed by atoms with E-state index >= 15 is 0 Å². The largest absolute Gasteiger partial charge is 0.465 e. The minimum absolute atomic E-state index is 0.0936. The van der Waals surface area contributed by atoms with Gasteiger partial charge in [-0.15, -0.1) is 0 Å². The Morgan fingerprint density at radius 3 is 3.04 bits per heavy atom. The molecule has 25 heavy (non-hydrogen) atoms. The number of rotatable bonds is 3. The van der Waals surface area contributed by atoms with E-state index < -0.39 is 6.09 Å². The number of carboxylic acid groups (broad SMARTS) is 1. The van der Waals surface area contributed by atoms with Crippen molar-refractivity contribution in [1.29, 1.82) is 0 Å². The summed E-state index contributed by atoms with van der Waals surface area (Å²) >= 11 is 6.10. The number of hydrogen-bond donors (Lipinski definition) is 2. The van der Waals surface area contributed by atoms with Crippen LogP contribution in [0.2, 0.25) is 5.15 Å². The number of nitrogens with one attached hydrogen (secondary N) is 1. The standard InChI is InChI=1S/C16H20ClN5O3/c17-13-7-12-11(8-18-13)15(20-22(12)14-3-1-2-6-25-14)21-5-4-10(9-21)19-16(23)24/h7-8,10,14,19H,1-6,9H2,(H,23,24)/t10-,14?/m1/s1. The van der Waals surface area contributed by atoms with Crippen LogP contribution in [0.4, 0.5) is 10.6 Å². The number of carbonyl (C=O) groups is 1. The summed E-state index contributed by atoms with van der Waals surface area (Å²) < 4.78 is 7.79. The third kappa shape index (κ3) is 3.23. The molecule has 2 fully saturated rings. The van der Waals surface area contributed by atoms with E-state index in [1.165, 1.54) is 0 Å². The smallest absolute Gasteiger partial charge is 0.404 e. The Bertz CT molecular complexity index is 789. The maximum atomic E-state index is 10.9. The van der Waals surface area contributed by atoms with Crippen molar-refractivity contribution >= 4 is 34.4 Å². The number of hydrogen-bond acceptors (Lipinski definition) is 5. The van der Waals surface area contributed by atoms with E-state index in [4.69, 9.17) is 26.5 Å². The summed E-state index contributed by atoms with van der Waals surface area (Å²) in [5.41, 5.74) is 0.900. The third-order valence-corrected chi connectivity index (χ3v) is 4.99. The van der Waals surface area contributed by atoms with Gasteiger partial charge in [0.25, 0.3) is 0 Å². The molecule has 1 unspecified atom stereocenters. The Morgan fingerprint density at radius 1 is 1.40 bits per heavy atom. The highest BCUT2D eigenvalue weighted by Gasteiger charge is 2.29. The van der Waals surface area contributed by atoms with Crippen LogP contribution in [0.1, 0.15) is 31.9 Å². The first-order chi connectivity index (χ1) is 12.1. The fraction of sp³-hybridized carbons (Fsp3) is 0.562. The number of halogens is 1. The third-order valence-electron chi connectivity index (χ3n) is 4.78. The zero-order valence-electron chi connectivity index (χ0n) is 13.7. The molecule has 1 amide bonds. The van der Waals surface area contributed by atoms with E-state index in [0.717, 1.165) is 55.6 Å². The van der Waals surface area contributed by atoms with Crippen molar-refractivity contribution in [1.82, 2.24) is 20.1 Å². The summed E-state index contributed by atoms with van der Waals surface area (Å²) in [6.45, 7) is 2.06. The summed E-state index contributed by atoms with van der Waals surface area (Å²) in [4.78, 5) is 17.2. The zero-order chi connectivity index (χ0) is 17.4. The molecule has 0 saturated carbocycles. The molecule has 2 aliphatic heterocycles. The van der Waals surface area contributed by atoms with E-state index in [-0.39, 0.29) is 12.3 Å². The lowest BCUT2D eigenvalue weighted by molar-refractivity contribution is -0.0365. The first-order valence-electron chi connectivity index (χ1n) is 8.51. The molecule has 2 aliphatic rings. The number of nitrogens with zero attached hydrogens (tertiary/aromatic N) is 4. The lowest BCUT2D eigenvalue weighted by atomic mass is 10.2. The Hall–Kier alpha value is -2.06. The van der Waals surface area contributed by atoms with Crippen LogP contribution in [0, 0.1) is 0 Å². The van der Waals surface area contributed by atoms with Crippen LogP contribution in [-0.4, -0.2) is 51.7 Å². The highest BCUT2D eigenvalue weighted by Crippen LogP contribution is 2.33. The summed E-state index contributed by atoms with van der Waals surface area (Å²) in [6, 6.07) is 1.72. The maximum Gasteiger partial charge on any atom is 0.404 e. The van der Waals surface area contributed by atoms with Crippen LogP contribution in [-0.2, 0) is 4.74 Å². The molecule has 4 rings (SSSR count). The van der Waals surface area contributed by atoms with Crippen LogP contribution >= 0.6 is 11.6 Å². The average Bonchev–Trinajstić information content (AvgIpc) is 3.19. The molecule has 2 aromatic heterocycles. The highest BCUT2D eigenvalue weighted by atomic mass is 35.5. The van der Waals surface area contributed by atoms with E-state index in [2.05, 4.69) is 15.2 Å². The average molecular weight is 366 g/mol. The number of aromatic nitrogens is 3. The van der Waals surface area contributed by atoms with E-state index in [1.54, 1.807) is 6.20 Å². The van der Waals surface area contributed by atoms with Gasteiger partial charge in [0.2, 0.25) is 0 Å². The van der Waals surface area contributed by atoms with Gasteiger partial charge in [0.05, 0.1) is 16.9 Å². The van der Waals surface area contributed by atoms with Gasteiger partial charge in [0.15, 0.2) is 12.0 Å². The van der Waals surface area contributed by atoms with Crippen molar-refractivity contribution in [3.63, 3.8) is 0 Å². The van der Waals surface area contributed by atoms with Gasteiger partial charge in [-0.2, -0.15) is 5.10 Å². The predicted octanol–water partition coefficient (Wildman–Crippen LogP) is 2.63. The summed E-state index contributed by atoms with van der Waals surface area (Å²) in [7, 11) is 0. The van der Waals surface area contributed by atoms with Crippen molar-refractivity contribution in [2.24, 2.45) is 0 Å². The molecule has 0 aromatic carbocycles. The van der Waals surface area contributed by atoms with Crippen molar-refractivity contribution in [3.8, 4) is 0 Å². The lowest BCUT2D eigenvalue weighted by Gasteiger charge is -2.23. The van der Waals surface area contributed by atoms with Gasteiger partial charge >= 0.3 is 6.09 Å². The first-order valence-corrected chi connectivity index (χ1v) is 8.89. The number of pyridine rings is 1. The number of anilines is 1. The number of ether oxygens (including phenoxy) is 1. The molecule has 2 atom stereocenters. The first kappa shape index (κ1) is 16.4. The van der Waals surface area contributed by atoms with Crippen LogP contribution in [0.5, 0.6) is 0 Å². The number of fused-ring (bicyclic) bond motifs is 1. The van der Waals surface area contributed by atoms with Gasteiger partial charge in [0, 0.05) is 32.0 Å². The Balaban J connectivity index is 1.68. The van der Waals surface area contributed by atoms with Gasteiger partial charge in [0.1, 0.15) is 5.15 Å². The van der Waals surface area contributed by atoms with Crippen molar-refractivity contribution in [2.75, 3.05) is 24.6 Å². The van der Waals surface area contributed by atoms with Crippen molar-refractivity contribution < 1.29 is 14.6 Å². The molecule has 0 spiro atoms. The normalized spacial score (nSPS) is 24.0. The molecule has 2 saturated heterocycles. The fourth-order valence-electron chi connectivity index (χ4n) is 3.61. The molecular weight excluding hydrogens is 346 g/mol. The van der Waals surface area contributed by atoms with Crippen LogP contribution in [0.3, 0.4) is 0 Å². The topological polar surface area (TPSA) is 92.5 Å². The molecule has 9 heteroatoms. The molecule has 4 heterocycles. The van der Waals surface area contributed by atoms with Crippen molar-refractivity contribution in [2.45, 2.75) is 38.0 Å². The fourth-order valence-corrected chi connectivity index (χ4v) is 3.76. The monoisotopic (exact) mass is 365 g/mol. The molecule has 8 nitrogen and oxygen atoms in total. The van der Waals surface area contributed by atoms with Gasteiger partial charge in [-0.3, -0.25) is 0 Å².